The molecule has 0 aliphatic carbocycles. The number of aryl methyl sites for hydroxylation is 2. The molecule has 2 saturated heterocycles. The first kappa shape index (κ1) is 22.5. The molecule has 2 aliphatic heterocycles. The van der Waals surface area contributed by atoms with E-state index in [0.29, 0.717) is 24.8 Å². The van der Waals surface area contributed by atoms with Crippen molar-refractivity contribution in [2.45, 2.75) is 45.6 Å². The number of carbonyl (C=O) groups is 2. The van der Waals surface area contributed by atoms with Gasteiger partial charge in [-0.2, -0.15) is 5.10 Å². The third kappa shape index (κ3) is 5.38. The molecule has 1 aromatic heterocycles. The van der Waals surface area contributed by atoms with Crippen LogP contribution in [0.5, 0.6) is 5.75 Å². The van der Waals surface area contributed by atoms with Crippen molar-refractivity contribution in [1.82, 2.24) is 25.3 Å². The van der Waals surface area contributed by atoms with Crippen molar-refractivity contribution < 1.29 is 14.3 Å². The number of nitrogens with one attached hydrogen (secondary N) is 2. The summed E-state index contributed by atoms with van der Waals surface area (Å²) in [5.74, 6) is 1.07. The Morgan fingerprint density at radius 3 is 2.71 bits per heavy atom. The zero-order valence-corrected chi connectivity index (χ0v) is 17.8. The summed E-state index contributed by atoms with van der Waals surface area (Å²) in [6.07, 6.45) is 3.95. The molecule has 0 bridgehead atoms. The minimum Gasteiger partial charge on any atom is -0.480 e. The monoisotopic (exact) mass is 413 g/mol. The molecular formula is C19H32ClN5O3. The highest BCUT2D eigenvalue weighted by atomic mass is 35.5. The fourth-order valence-electron chi connectivity index (χ4n) is 3.92. The summed E-state index contributed by atoms with van der Waals surface area (Å²) >= 11 is 0. The van der Waals surface area contributed by atoms with Gasteiger partial charge in [0, 0.05) is 26.7 Å². The number of halogens is 1. The summed E-state index contributed by atoms with van der Waals surface area (Å²) in [6.45, 7) is 6.80. The number of rotatable bonds is 6. The largest absolute Gasteiger partial charge is 0.480 e. The Morgan fingerprint density at radius 1 is 1.29 bits per heavy atom. The van der Waals surface area contributed by atoms with Crippen molar-refractivity contribution in [3.63, 3.8) is 0 Å². The summed E-state index contributed by atoms with van der Waals surface area (Å²) in [4.78, 5) is 26.6. The molecule has 0 aromatic carbocycles. The molecule has 28 heavy (non-hydrogen) atoms. The van der Waals surface area contributed by atoms with Crippen molar-refractivity contribution in [2.24, 2.45) is 13.0 Å². The van der Waals surface area contributed by atoms with Gasteiger partial charge in [-0.15, -0.1) is 12.4 Å². The summed E-state index contributed by atoms with van der Waals surface area (Å²) in [5, 5.41) is 10.6. The highest BCUT2D eigenvalue weighted by Crippen LogP contribution is 2.22. The number of nitrogens with zero attached hydrogens (tertiary/aromatic N) is 3. The minimum absolute atomic E-state index is 0. The zero-order valence-electron chi connectivity index (χ0n) is 17.0. The summed E-state index contributed by atoms with van der Waals surface area (Å²) in [6, 6.07) is -0.0503. The minimum atomic E-state index is -0.0503. The third-order valence-corrected chi connectivity index (χ3v) is 5.60. The molecule has 2 N–H and O–H groups in total. The van der Waals surface area contributed by atoms with E-state index >= 15 is 0 Å². The van der Waals surface area contributed by atoms with Crippen LogP contribution in [-0.4, -0.2) is 65.3 Å². The normalized spacial score (nSPS) is 21.9. The van der Waals surface area contributed by atoms with Gasteiger partial charge >= 0.3 is 0 Å². The number of carbonyl (C=O) groups excluding carboxylic acids is 2. The lowest BCUT2D eigenvalue weighted by molar-refractivity contribution is -0.135. The maximum atomic E-state index is 12.6. The van der Waals surface area contributed by atoms with E-state index in [1.807, 2.05) is 25.8 Å². The Labute approximate surface area is 172 Å². The van der Waals surface area contributed by atoms with Crippen LogP contribution in [0.3, 0.4) is 0 Å². The van der Waals surface area contributed by atoms with E-state index in [2.05, 4.69) is 15.7 Å². The van der Waals surface area contributed by atoms with Crippen LogP contribution in [0.25, 0.3) is 0 Å². The second-order valence-corrected chi connectivity index (χ2v) is 7.65. The third-order valence-electron chi connectivity index (χ3n) is 5.60. The van der Waals surface area contributed by atoms with Crippen molar-refractivity contribution in [3.05, 3.63) is 11.4 Å². The van der Waals surface area contributed by atoms with Gasteiger partial charge in [-0.1, -0.05) is 0 Å². The van der Waals surface area contributed by atoms with E-state index in [4.69, 9.17) is 4.74 Å². The summed E-state index contributed by atoms with van der Waals surface area (Å²) in [5.41, 5.74) is 1.71. The maximum absolute atomic E-state index is 12.6. The molecule has 2 aliphatic rings. The molecule has 0 saturated carbocycles. The van der Waals surface area contributed by atoms with Gasteiger partial charge in [-0.3, -0.25) is 14.3 Å². The standard InChI is InChI=1S/C19H31N5O3.ClH/c1-13-18(14(2)23(3)22-13)27-12-17(25)24-9-5-6-15(11-24)10-21-19(26)16-7-4-8-20-16;/h15-16,20H,4-12H2,1-3H3,(H,21,26);1H. The average Bonchev–Trinajstić information content (AvgIpc) is 3.28. The molecule has 8 nitrogen and oxygen atoms in total. The van der Waals surface area contributed by atoms with Gasteiger partial charge in [0.2, 0.25) is 5.91 Å². The molecule has 158 valence electrons. The average molecular weight is 414 g/mol. The van der Waals surface area contributed by atoms with E-state index < -0.39 is 0 Å². The molecule has 2 fully saturated rings. The van der Waals surface area contributed by atoms with Gasteiger partial charge in [-0.05, 0) is 52.0 Å². The summed E-state index contributed by atoms with van der Waals surface area (Å²) in [7, 11) is 1.86. The van der Waals surface area contributed by atoms with Crippen LogP contribution in [0.15, 0.2) is 0 Å². The lowest BCUT2D eigenvalue weighted by Gasteiger charge is -2.33. The smallest absolute Gasteiger partial charge is 0.260 e. The molecule has 2 atom stereocenters. The fraction of sp³-hybridized carbons (Fsp3) is 0.737. The van der Waals surface area contributed by atoms with Crippen molar-refractivity contribution in [1.29, 1.82) is 0 Å². The lowest BCUT2D eigenvalue weighted by Crippen LogP contribution is -2.47. The number of likely N-dealkylation sites (tertiary alicyclic amines) is 1. The molecule has 9 heteroatoms. The van der Waals surface area contributed by atoms with Crippen LogP contribution < -0.4 is 15.4 Å². The Morgan fingerprint density at radius 2 is 2.07 bits per heavy atom. The van der Waals surface area contributed by atoms with Crippen LogP contribution in [0.2, 0.25) is 0 Å². The highest BCUT2D eigenvalue weighted by Gasteiger charge is 2.27. The van der Waals surface area contributed by atoms with Crippen molar-refractivity contribution in [2.75, 3.05) is 32.8 Å². The maximum Gasteiger partial charge on any atom is 0.260 e. The van der Waals surface area contributed by atoms with Crippen LogP contribution in [0.4, 0.5) is 0 Å². The van der Waals surface area contributed by atoms with Gasteiger partial charge in [0.05, 0.1) is 11.7 Å². The van der Waals surface area contributed by atoms with Gasteiger partial charge in [0.15, 0.2) is 12.4 Å². The molecule has 2 amide bonds. The number of piperidine rings is 1. The number of aromatic nitrogens is 2. The molecule has 0 radical (unpaired) electrons. The van der Waals surface area contributed by atoms with Crippen LogP contribution >= 0.6 is 12.4 Å². The van der Waals surface area contributed by atoms with E-state index in [1.165, 1.54) is 0 Å². The van der Waals surface area contributed by atoms with Crippen LogP contribution in [0.1, 0.15) is 37.1 Å². The second kappa shape index (κ2) is 10.1. The topological polar surface area (TPSA) is 88.5 Å². The summed E-state index contributed by atoms with van der Waals surface area (Å²) < 4.78 is 7.51. The first-order chi connectivity index (χ1) is 13.0. The van der Waals surface area contributed by atoms with Gasteiger partial charge in [-0.25, -0.2) is 0 Å². The lowest BCUT2D eigenvalue weighted by atomic mass is 9.97. The predicted octanol–water partition coefficient (Wildman–Crippen LogP) is 0.944. The molecular weight excluding hydrogens is 382 g/mol. The Hall–Kier alpha value is -1.80. The Balaban J connectivity index is 0.00000280. The number of hydrogen-bond acceptors (Lipinski definition) is 5. The predicted molar refractivity (Wildman–Crippen MR) is 109 cm³/mol. The second-order valence-electron chi connectivity index (χ2n) is 7.65. The van der Waals surface area contributed by atoms with Crippen molar-refractivity contribution in [3.8, 4) is 5.75 Å². The number of ether oxygens (including phenoxy) is 1. The van der Waals surface area contributed by atoms with E-state index in [0.717, 1.165) is 50.2 Å². The number of hydrogen-bond donors (Lipinski definition) is 2. The molecule has 3 heterocycles. The Kier molecular flexibility index (Phi) is 8.12. The van der Waals surface area contributed by atoms with E-state index in [1.54, 1.807) is 4.68 Å². The molecule has 1 aromatic rings. The van der Waals surface area contributed by atoms with E-state index in [9.17, 15) is 9.59 Å². The molecule has 0 spiro atoms. The Bertz CT molecular complexity index is 687. The van der Waals surface area contributed by atoms with Crippen LogP contribution in [0, 0.1) is 19.8 Å². The molecule has 3 rings (SSSR count). The van der Waals surface area contributed by atoms with Crippen LogP contribution in [-0.2, 0) is 16.6 Å². The van der Waals surface area contributed by atoms with Crippen molar-refractivity contribution >= 4 is 24.2 Å². The van der Waals surface area contributed by atoms with Gasteiger partial charge in [0.25, 0.3) is 5.91 Å². The fourth-order valence-corrected chi connectivity index (χ4v) is 3.92. The zero-order chi connectivity index (χ0) is 19.4. The number of amides is 2. The van der Waals surface area contributed by atoms with E-state index in [-0.39, 0.29) is 36.9 Å². The van der Waals surface area contributed by atoms with Gasteiger partial charge in [0.1, 0.15) is 5.69 Å². The van der Waals surface area contributed by atoms with Gasteiger partial charge < -0.3 is 20.3 Å². The SMILES string of the molecule is Cc1nn(C)c(C)c1OCC(=O)N1CCCC(CNC(=O)C2CCCN2)C1.Cl. The first-order valence-electron chi connectivity index (χ1n) is 9.87. The quantitative estimate of drug-likeness (QED) is 0.724. The first-order valence-corrected chi connectivity index (χ1v) is 9.87. The highest BCUT2D eigenvalue weighted by molar-refractivity contribution is 5.85. The molecule has 2 unspecified atom stereocenters.